The summed E-state index contributed by atoms with van der Waals surface area (Å²) in [5.74, 6) is 2.23. The molecule has 1 saturated carbocycles. The second-order valence-electron chi connectivity index (χ2n) is 7.72. The number of hydrogen-bond donors (Lipinski definition) is 0. The highest BCUT2D eigenvalue weighted by Crippen LogP contribution is 2.50. The van der Waals surface area contributed by atoms with Crippen LogP contribution >= 0.6 is 0 Å². The molecule has 0 aromatic carbocycles. The van der Waals surface area contributed by atoms with Gasteiger partial charge in [0.15, 0.2) is 0 Å². The first-order valence-corrected chi connectivity index (χ1v) is 9.29. The summed E-state index contributed by atoms with van der Waals surface area (Å²) in [6.45, 7) is 6.54. The topological polar surface area (TPSA) is 9.23 Å². The van der Waals surface area contributed by atoms with Crippen molar-refractivity contribution in [3.05, 3.63) is 23.3 Å². The number of ether oxygens (including phenoxy) is 1. The molecule has 0 bridgehead atoms. The van der Waals surface area contributed by atoms with Crippen LogP contribution < -0.4 is 0 Å². The van der Waals surface area contributed by atoms with Crippen molar-refractivity contribution in [3.63, 3.8) is 0 Å². The molecule has 0 saturated heterocycles. The molecular formula is C20H31FO. The van der Waals surface area contributed by atoms with Crippen LogP contribution in [0.3, 0.4) is 0 Å². The van der Waals surface area contributed by atoms with Crippen LogP contribution in [0.15, 0.2) is 23.3 Å². The van der Waals surface area contributed by atoms with Crippen LogP contribution in [-0.2, 0) is 4.74 Å². The molecule has 0 aliphatic heterocycles. The fraction of sp³-hybridized carbons (Fsp3) is 0.800. The standard InChI is InChI=1S/C20H31FO/c1-4-14-11-18(15-5-6-15)19(12-20(14)22-13(2)3)16-7-9-17(21)10-8-16/h7,12-15,17-18,20H,4-6,8-11H2,1-3H3/t14?,17-,18+,20?/m0/s1. The lowest BCUT2D eigenvalue weighted by Crippen LogP contribution is -2.33. The van der Waals surface area contributed by atoms with Crippen LogP contribution in [-0.4, -0.2) is 18.4 Å². The molecule has 3 rings (SSSR count). The van der Waals surface area contributed by atoms with Gasteiger partial charge in [0.1, 0.15) is 6.17 Å². The van der Waals surface area contributed by atoms with Crippen LogP contribution in [0.25, 0.3) is 0 Å². The number of hydrogen-bond acceptors (Lipinski definition) is 1. The summed E-state index contributed by atoms with van der Waals surface area (Å²) in [5, 5.41) is 0. The van der Waals surface area contributed by atoms with Crippen LogP contribution in [0, 0.1) is 17.8 Å². The van der Waals surface area contributed by atoms with E-state index >= 15 is 0 Å². The molecule has 0 heterocycles. The van der Waals surface area contributed by atoms with Gasteiger partial charge in [0.05, 0.1) is 12.2 Å². The van der Waals surface area contributed by atoms with Gasteiger partial charge in [0, 0.05) is 0 Å². The van der Waals surface area contributed by atoms with E-state index in [1.807, 2.05) is 0 Å². The maximum absolute atomic E-state index is 13.5. The van der Waals surface area contributed by atoms with Gasteiger partial charge in [-0.05, 0) is 81.3 Å². The first kappa shape index (κ1) is 16.2. The summed E-state index contributed by atoms with van der Waals surface area (Å²) >= 11 is 0. The van der Waals surface area contributed by atoms with E-state index in [-0.39, 0.29) is 12.2 Å². The Kier molecular flexibility index (Phi) is 5.07. The molecule has 22 heavy (non-hydrogen) atoms. The minimum Gasteiger partial charge on any atom is -0.371 e. The zero-order valence-corrected chi connectivity index (χ0v) is 14.4. The van der Waals surface area contributed by atoms with Crippen LogP contribution in [0.2, 0.25) is 0 Å². The molecule has 0 amide bonds. The van der Waals surface area contributed by atoms with Crippen molar-refractivity contribution in [3.8, 4) is 0 Å². The molecule has 1 fully saturated rings. The summed E-state index contributed by atoms with van der Waals surface area (Å²) in [6.07, 6.45) is 11.9. The molecule has 1 nitrogen and oxygen atoms in total. The van der Waals surface area contributed by atoms with Gasteiger partial charge in [0.2, 0.25) is 0 Å². The molecule has 4 atom stereocenters. The lowest BCUT2D eigenvalue weighted by Gasteiger charge is -2.38. The summed E-state index contributed by atoms with van der Waals surface area (Å²) in [6, 6.07) is 0. The quantitative estimate of drug-likeness (QED) is 0.641. The molecule has 2 heteroatoms. The van der Waals surface area contributed by atoms with Crippen LogP contribution in [0.1, 0.15) is 65.7 Å². The Bertz CT molecular complexity index is 447. The van der Waals surface area contributed by atoms with Crippen molar-refractivity contribution in [2.75, 3.05) is 0 Å². The van der Waals surface area contributed by atoms with E-state index in [0.717, 1.165) is 12.3 Å². The summed E-state index contributed by atoms with van der Waals surface area (Å²) in [7, 11) is 0. The molecule has 124 valence electrons. The zero-order valence-electron chi connectivity index (χ0n) is 14.4. The van der Waals surface area contributed by atoms with Crippen LogP contribution in [0.4, 0.5) is 4.39 Å². The Balaban J connectivity index is 1.85. The van der Waals surface area contributed by atoms with E-state index < -0.39 is 6.17 Å². The Morgan fingerprint density at radius 2 is 2.05 bits per heavy atom. The van der Waals surface area contributed by atoms with Crippen LogP contribution in [0.5, 0.6) is 0 Å². The Morgan fingerprint density at radius 3 is 2.59 bits per heavy atom. The monoisotopic (exact) mass is 306 g/mol. The number of alkyl halides is 1. The average molecular weight is 306 g/mol. The number of allylic oxidation sites excluding steroid dienone is 3. The highest BCUT2D eigenvalue weighted by atomic mass is 19.1. The molecule has 0 radical (unpaired) electrons. The lowest BCUT2D eigenvalue weighted by molar-refractivity contribution is -0.0103. The van der Waals surface area contributed by atoms with Crippen molar-refractivity contribution in [1.29, 1.82) is 0 Å². The maximum Gasteiger partial charge on any atom is 0.104 e. The maximum atomic E-state index is 13.5. The highest BCUT2D eigenvalue weighted by molar-refractivity contribution is 5.38. The van der Waals surface area contributed by atoms with Gasteiger partial charge in [-0.25, -0.2) is 4.39 Å². The fourth-order valence-electron chi connectivity index (χ4n) is 4.24. The fourth-order valence-corrected chi connectivity index (χ4v) is 4.24. The first-order valence-electron chi connectivity index (χ1n) is 9.29. The van der Waals surface area contributed by atoms with Crippen molar-refractivity contribution >= 4 is 0 Å². The average Bonchev–Trinajstić information content (AvgIpc) is 3.32. The van der Waals surface area contributed by atoms with Gasteiger partial charge in [0.25, 0.3) is 0 Å². The van der Waals surface area contributed by atoms with E-state index in [0.29, 0.717) is 24.7 Å². The minimum atomic E-state index is -0.626. The number of halogens is 1. The Labute approximate surface area is 135 Å². The van der Waals surface area contributed by atoms with Crippen molar-refractivity contribution < 1.29 is 9.13 Å². The number of rotatable bonds is 5. The third-order valence-electron chi connectivity index (χ3n) is 5.63. The molecule has 3 aliphatic carbocycles. The molecule has 3 aliphatic rings. The van der Waals surface area contributed by atoms with Gasteiger partial charge < -0.3 is 4.74 Å². The van der Waals surface area contributed by atoms with Crippen molar-refractivity contribution in [2.45, 2.75) is 84.1 Å². The zero-order chi connectivity index (χ0) is 15.7. The molecule has 2 unspecified atom stereocenters. The SMILES string of the molecule is CCC1C[C@H](C2CC2)C(C2=CC[C@H](F)CC2)=CC1OC(C)C. The second-order valence-corrected chi connectivity index (χ2v) is 7.72. The Hall–Kier alpha value is -0.630. The Morgan fingerprint density at radius 1 is 1.27 bits per heavy atom. The summed E-state index contributed by atoms with van der Waals surface area (Å²) < 4.78 is 19.7. The predicted molar refractivity (Wildman–Crippen MR) is 89.5 cm³/mol. The largest absolute Gasteiger partial charge is 0.371 e. The molecule has 0 aromatic rings. The smallest absolute Gasteiger partial charge is 0.104 e. The van der Waals surface area contributed by atoms with Gasteiger partial charge in [-0.3, -0.25) is 0 Å². The normalized spacial score (nSPS) is 36.2. The van der Waals surface area contributed by atoms with Crippen molar-refractivity contribution in [1.82, 2.24) is 0 Å². The summed E-state index contributed by atoms with van der Waals surface area (Å²) in [4.78, 5) is 0. The van der Waals surface area contributed by atoms with E-state index in [1.54, 1.807) is 0 Å². The second kappa shape index (κ2) is 6.86. The van der Waals surface area contributed by atoms with E-state index in [2.05, 4.69) is 32.9 Å². The van der Waals surface area contributed by atoms with E-state index in [4.69, 9.17) is 4.74 Å². The molecule has 0 N–H and O–H groups in total. The third kappa shape index (κ3) is 3.64. The van der Waals surface area contributed by atoms with Gasteiger partial charge in [-0.15, -0.1) is 0 Å². The van der Waals surface area contributed by atoms with E-state index in [9.17, 15) is 4.39 Å². The summed E-state index contributed by atoms with van der Waals surface area (Å²) in [5.41, 5.74) is 2.95. The van der Waals surface area contributed by atoms with E-state index in [1.165, 1.54) is 36.8 Å². The lowest BCUT2D eigenvalue weighted by atomic mass is 9.72. The minimum absolute atomic E-state index is 0.249. The van der Waals surface area contributed by atoms with Gasteiger partial charge >= 0.3 is 0 Å². The molecule has 0 spiro atoms. The predicted octanol–water partition coefficient (Wildman–Crippen LogP) is 5.61. The molecular weight excluding hydrogens is 275 g/mol. The highest BCUT2D eigenvalue weighted by Gasteiger charge is 2.40. The van der Waals surface area contributed by atoms with Gasteiger partial charge in [-0.1, -0.05) is 25.5 Å². The van der Waals surface area contributed by atoms with Gasteiger partial charge in [-0.2, -0.15) is 0 Å². The third-order valence-corrected chi connectivity index (χ3v) is 5.63. The first-order chi connectivity index (χ1) is 10.6. The van der Waals surface area contributed by atoms with Crippen molar-refractivity contribution in [2.24, 2.45) is 17.8 Å². The molecule has 0 aromatic heterocycles.